The third-order valence-electron chi connectivity index (χ3n) is 2.33. The summed E-state index contributed by atoms with van der Waals surface area (Å²) in [5, 5.41) is 9.28. The van der Waals surface area contributed by atoms with Gasteiger partial charge in [0.05, 0.1) is 5.56 Å². The van der Waals surface area contributed by atoms with E-state index in [1.165, 1.54) is 24.3 Å². The minimum Gasteiger partial charge on any atom is -0.478 e. The number of benzene rings is 2. The van der Waals surface area contributed by atoms with Crippen molar-refractivity contribution in [1.82, 2.24) is 0 Å². The second-order valence-electron chi connectivity index (χ2n) is 3.51. The first kappa shape index (κ1) is 11.6. The molecule has 0 saturated carbocycles. The molecule has 86 valence electrons. The van der Waals surface area contributed by atoms with Crippen molar-refractivity contribution in [2.24, 2.45) is 0 Å². The fourth-order valence-electron chi connectivity index (χ4n) is 1.63. The zero-order valence-corrected chi connectivity index (χ0v) is 9.41. The van der Waals surface area contributed by atoms with Gasteiger partial charge in [0, 0.05) is 5.02 Å². The van der Waals surface area contributed by atoms with Gasteiger partial charge < -0.3 is 5.11 Å². The number of carboxylic acid groups (broad SMARTS) is 1. The molecule has 0 aliphatic carbocycles. The molecule has 17 heavy (non-hydrogen) atoms. The molecule has 0 heterocycles. The molecule has 0 saturated heterocycles. The summed E-state index contributed by atoms with van der Waals surface area (Å²) in [5.41, 5.74) is 1.02. The summed E-state index contributed by atoms with van der Waals surface area (Å²) in [4.78, 5) is 11.0. The van der Waals surface area contributed by atoms with Gasteiger partial charge in [-0.05, 0) is 35.4 Å². The number of carboxylic acids is 1. The summed E-state index contributed by atoms with van der Waals surface area (Å²) in [6.07, 6.45) is 0. The van der Waals surface area contributed by atoms with Gasteiger partial charge in [-0.25, -0.2) is 9.18 Å². The summed E-state index contributed by atoms with van der Waals surface area (Å²) in [7, 11) is 0. The predicted molar refractivity (Wildman–Crippen MR) is 63.8 cm³/mol. The summed E-state index contributed by atoms with van der Waals surface area (Å²) >= 11 is 5.74. The first-order valence-corrected chi connectivity index (χ1v) is 5.24. The highest BCUT2D eigenvalue weighted by atomic mass is 35.5. The summed E-state index contributed by atoms with van der Waals surface area (Å²) < 4.78 is 13.2. The number of carbonyl (C=O) groups is 1. The Morgan fingerprint density at radius 1 is 1.18 bits per heavy atom. The Hall–Kier alpha value is -1.87. The number of halogens is 2. The molecule has 2 aromatic carbocycles. The molecule has 0 aliphatic heterocycles. The van der Waals surface area contributed by atoms with Crippen LogP contribution in [0.15, 0.2) is 42.5 Å². The first-order valence-electron chi connectivity index (χ1n) is 4.87. The lowest BCUT2D eigenvalue weighted by molar-refractivity contribution is 0.0697. The third kappa shape index (κ3) is 2.45. The molecule has 0 aliphatic rings. The minimum absolute atomic E-state index is 0.120. The highest BCUT2D eigenvalue weighted by Gasteiger charge is 2.11. The molecule has 0 fully saturated rings. The second-order valence-corrected chi connectivity index (χ2v) is 3.95. The summed E-state index contributed by atoms with van der Waals surface area (Å²) in [5.74, 6) is -1.55. The van der Waals surface area contributed by atoms with Gasteiger partial charge in [0.25, 0.3) is 0 Å². The van der Waals surface area contributed by atoms with Crippen LogP contribution in [-0.2, 0) is 0 Å². The van der Waals surface area contributed by atoms with Gasteiger partial charge in [0.15, 0.2) is 0 Å². The van der Waals surface area contributed by atoms with Crippen LogP contribution < -0.4 is 0 Å². The summed E-state index contributed by atoms with van der Waals surface area (Å²) in [6.45, 7) is 0. The van der Waals surface area contributed by atoms with Crippen molar-refractivity contribution < 1.29 is 14.3 Å². The van der Waals surface area contributed by atoms with Crippen LogP contribution in [0.3, 0.4) is 0 Å². The van der Waals surface area contributed by atoms with Crippen molar-refractivity contribution >= 4 is 17.6 Å². The van der Waals surface area contributed by atoms with Crippen molar-refractivity contribution in [2.45, 2.75) is 0 Å². The smallest absolute Gasteiger partial charge is 0.336 e. The van der Waals surface area contributed by atoms with Gasteiger partial charge in [0.1, 0.15) is 5.82 Å². The van der Waals surface area contributed by atoms with E-state index in [1.807, 2.05) is 0 Å². The average molecular weight is 251 g/mol. The topological polar surface area (TPSA) is 37.3 Å². The molecule has 0 atom stereocenters. The van der Waals surface area contributed by atoms with Crippen LogP contribution in [0, 0.1) is 5.82 Å². The van der Waals surface area contributed by atoms with E-state index in [4.69, 9.17) is 16.7 Å². The van der Waals surface area contributed by atoms with E-state index in [9.17, 15) is 9.18 Å². The molecule has 2 aromatic rings. The van der Waals surface area contributed by atoms with Crippen molar-refractivity contribution in [3.05, 3.63) is 58.9 Å². The Labute approximate surface area is 102 Å². The van der Waals surface area contributed by atoms with Crippen LogP contribution in [0.5, 0.6) is 0 Å². The standard InChI is InChI=1S/C13H8ClFO2/c14-9-5-8(6-10(15)7-9)11-3-1-2-4-12(11)13(16)17/h1-7H,(H,16,17). The van der Waals surface area contributed by atoms with Gasteiger partial charge in [-0.1, -0.05) is 29.8 Å². The van der Waals surface area contributed by atoms with Crippen molar-refractivity contribution in [3.63, 3.8) is 0 Å². The van der Waals surface area contributed by atoms with Crippen LogP contribution in [0.1, 0.15) is 10.4 Å². The highest BCUT2D eigenvalue weighted by Crippen LogP contribution is 2.27. The third-order valence-corrected chi connectivity index (χ3v) is 2.55. The minimum atomic E-state index is -1.05. The highest BCUT2D eigenvalue weighted by molar-refractivity contribution is 6.30. The lowest BCUT2D eigenvalue weighted by atomic mass is 10.00. The van der Waals surface area contributed by atoms with Crippen molar-refractivity contribution in [3.8, 4) is 11.1 Å². The molecule has 0 amide bonds. The molecule has 2 rings (SSSR count). The summed E-state index contributed by atoms with van der Waals surface area (Å²) in [6, 6.07) is 10.4. The quantitative estimate of drug-likeness (QED) is 0.879. The van der Waals surface area contributed by atoms with E-state index in [0.29, 0.717) is 11.1 Å². The molecule has 2 nitrogen and oxygen atoms in total. The lowest BCUT2D eigenvalue weighted by Gasteiger charge is -2.06. The molecular formula is C13H8ClFO2. The normalized spacial score (nSPS) is 10.2. The molecule has 0 aromatic heterocycles. The van der Waals surface area contributed by atoms with E-state index in [1.54, 1.807) is 18.2 Å². The lowest BCUT2D eigenvalue weighted by Crippen LogP contribution is -1.99. The number of hydrogen-bond acceptors (Lipinski definition) is 1. The zero-order chi connectivity index (χ0) is 12.4. The maximum atomic E-state index is 13.2. The number of rotatable bonds is 2. The van der Waals surface area contributed by atoms with E-state index in [-0.39, 0.29) is 10.6 Å². The largest absolute Gasteiger partial charge is 0.478 e. The maximum Gasteiger partial charge on any atom is 0.336 e. The van der Waals surface area contributed by atoms with Crippen LogP contribution >= 0.6 is 11.6 Å². The van der Waals surface area contributed by atoms with Crippen LogP contribution in [0.25, 0.3) is 11.1 Å². The van der Waals surface area contributed by atoms with Crippen LogP contribution in [0.4, 0.5) is 4.39 Å². The average Bonchev–Trinajstić information content (AvgIpc) is 2.27. The SMILES string of the molecule is O=C(O)c1ccccc1-c1cc(F)cc(Cl)c1. The van der Waals surface area contributed by atoms with Crippen LogP contribution in [0.2, 0.25) is 5.02 Å². The Morgan fingerprint density at radius 3 is 2.53 bits per heavy atom. The fraction of sp³-hybridized carbons (Fsp3) is 0. The van der Waals surface area contributed by atoms with Gasteiger partial charge >= 0.3 is 5.97 Å². The van der Waals surface area contributed by atoms with Gasteiger partial charge in [-0.2, -0.15) is 0 Å². The van der Waals surface area contributed by atoms with Gasteiger partial charge in [0.2, 0.25) is 0 Å². The molecule has 4 heteroatoms. The monoisotopic (exact) mass is 250 g/mol. The van der Waals surface area contributed by atoms with Crippen molar-refractivity contribution in [1.29, 1.82) is 0 Å². The molecule has 0 bridgehead atoms. The van der Waals surface area contributed by atoms with E-state index in [2.05, 4.69) is 0 Å². The molecule has 0 spiro atoms. The van der Waals surface area contributed by atoms with E-state index >= 15 is 0 Å². The molecule has 1 N–H and O–H groups in total. The number of aromatic carboxylic acids is 1. The number of hydrogen-bond donors (Lipinski definition) is 1. The predicted octanol–water partition coefficient (Wildman–Crippen LogP) is 3.84. The van der Waals surface area contributed by atoms with E-state index in [0.717, 1.165) is 0 Å². The van der Waals surface area contributed by atoms with Gasteiger partial charge in [-0.15, -0.1) is 0 Å². The Kier molecular flexibility index (Phi) is 3.11. The molecular weight excluding hydrogens is 243 g/mol. The Morgan fingerprint density at radius 2 is 1.88 bits per heavy atom. The van der Waals surface area contributed by atoms with Gasteiger partial charge in [-0.3, -0.25) is 0 Å². The molecule has 0 radical (unpaired) electrons. The fourth-order valence-corrected chi connectivity index (χ4v) is 1.85. The maximum absolute atomic E-state index is 13.2. The van der Waals surface area contributed by atoms with Crippen molar-refractivity contribution in [2.75, 3.05) is 0 Å². The van der Waals surface area contributed by atoms with E-state index < -0.39 is 11.8 Å². The molecule has 0 unspecified atom stereocenters. The zero-order valence-electron chi connectivity index (χ0n) is 8.65. The van der Waals surface area contributed by atoms with Crippen LogP contribution in [-0.4, -0.2) is 11.1 Å². The Bertz CT molecular complexity index is 561. The first-order chi connectivity index (χ1) is 8.08. The second kappa shape index (κ2) is 4.55. The Balaban J connectivity index is 2.64.